The first-order valence-electron chi connectivity index (χ1n) is 8.22. The molecule has 0 aromatic heterocycles. The van der Waals surface area contributed by atoms with Gasteiger partial charge in [-0.2, -0.15) is 0 Å². The van der Waals surface area contributed by atoms with Crippen molar-refractivity contribution in [3.05, 3.63) is 54.6 Å². The summed E-state index contributed by atoms with van der Waals surface area (Å²) in [5, 5.41) is 14.9. The fourth-order valence-electron chi connectivity index (χ4n) is 3.71. The highest BCUT2D eigenvalue weighted by Crippen LogP contribution is 2.48. The molecule has 0 aliphatic heterocycles. The average molecular weight is 340 g/mol. The first-order valence-corrected chi connectivity index (χ1v) is 8.22. The van der Waals surface area contributed by atoms with E-state index < -0.39 is 17.8 Å². The van der Waals surface area contributed by atoms with Gasteiger partial charge in [0.1, 0.15) is 0 Å². The summed E-state index contributed by atoms with van der Waals surface area (Å²) in [6, 6.07) is 6.51. The zero-order valence-electron chi connectivity index (χ0n) is 13.6. The molecule has 4 unspecified atom stereocenters. The van der Waals surface area contributed by atoms with Gasteiger partial charge in [-0.25, -0.2) is 0 Å². The maximum Gasteiger partial charge on any atom is 0.307 e. The number of carbonyl (C=O) groups is 3. The molecular weight excluding hydrogens is 320 g/mol. The van der Waals surface area contributed by atoms with Crippen molar-refractivity contribution in [2.45, 2.75) is 6.42 Å². The van der Waals surface area contributed by atoms with E-state index in [0.29, 0.717) is 17.8 Å². The molecule has 2 aliphatic carbocycles. The standard InChI is InChI=1S/C19H20N2O4/c1-2-9-20-17(22)11-5-7-14(8-6-11)21-18(23)15-12-3-4-13(10-12)16(15)19(24)25/h2-8,12-13,15-16H,1,9-10H2,(H,20,22)(H,21,23)(H,24,25). The van der Waals surface area contributed by atoms with Crippen LogP contribution in [0.1, 0.15) is 16.8 Å². The molecule has 1 saturated carbocycles. The average Bonchev–Trinajstić information content (AvgIpc) is 3.21. The lowest BCUT2D eigenvalue weighted by Crippen LogP contribution is -2.36. The molecule has 1 aromatic carbocycles. The van der Waals surface area contributed by atoms with Crippen molar-refractivity contribution in [3.63, 3.8) is 0 Å². The molecule has 130 valence electrons. The van der Waals surface area contributed by atoms with Crippen LogP contribution in [0.25, 0.3) is 0 Å². The van der Waals surface area contributed by atoms with E-state index in [4.69, 9.17) is 0 Å². The number of amides is 2. The number of rotatable bonds is 6. The predicted molar refractivity (Wildman–Crippen MR) is 93.0 cm³/mol. The van der Waals surface area contributed by atoms with Crippen LogP contribution in [0.3, 0.4) is 0 Å². The number of aliphatic carboxylic acids is 1. The monoisotopic (exact) mass is 340 g/mol. The zero-order valence-corrected chi connectivity index (χ0v) is 13.6. The first-order chi connectivity index (χ1) is 12.0. The number of carbonyl (C=O) groups excluding carboxylic acids is 2. The summed E-state index contributed by atoms with van der Waals surface area (Å²) in [4.78, 5) is 35.9. The Morgan fingerprint density at radius 1 is 1.12 bits per heavy atom. The third-order valence-electron chi connectivity index (χ3n) is 4.87. The number of fused-ring (bicyclic) bond motifs is 2. The number of carboxylic acids is 1. The van der Waals surface area contributed by atoms with Gasteiger partial charge >= 0.3 is 5.97 Å². The van der Waals surface area contributed by atoms with E-state index in [1.54, 1.807) is 30.3 Å². The highest BCUT2D eigenvalue weighted by atomic mass is 16.4. The van der Waals surface area contributed by atoms with E-state index in [1.165, 1.54) is 0 Å². The van der Waals surface area contributed by atoms with Gasteiger partial charge in [-0.1, -0.05) is 18.2 Å². The van der Waals surface area contributed by atoms with Gasteiger partial charge in [0.05, 0.1) is 11.8 Å². The van der Waals surface area contributed by atoms with Crippen LogP contribution >= 0.6 is 0 Å². The first kappa shape index (κ1) is 17.0. The fraction of sp³-hybridized carbons (Fsp3) is 0.316. The Labute approximate surface area is 145 Å². The Kier molecular flexibility index (Phi) is 4.70. The number of allylic oxidation sites excluding steroid dienone is 2. The normalized spacial score (nSPS) is 26.2. The second-order valence-corrected chi connectivity index (χ2v) is 6.40. The topological polar surface area (TPSA) is 95.5 Å². The Hall–Kier alpha value is -2.89. The van der Waals surface area contributed by atoms with Gasteiger partial charge < -0.3 is 15.7 Å². The molecule has 0 saturated heterocycles. The molecule has 2 amide bonds. The molecule has 3 N–H and O–H groups in total. The van der Waals surface area contributed by atoms with Crippen LogP contribution in [0, 0.1) is 23.7 Å². The summed E-state index contributed by atoms with van der Waals surface area (Å²) in [7, 11) is 0. The number of anilines is 1. The minimum Gasteiger partial charge on any atom is -0.481 e. The van der Waals surface area contributed by atoms with Gasteiger partial charge in [-0.15, -0.1) is 6.58 Å². The van der Waals surface area contributed by atoms with Crippen molar-refractivity contribution in [2.24, 2.45) is 23.7 Å². The molecule has 2 aliphatic rings. The third kappa shape index (κ3) is 3.33. The molecule has 2 bridgehead atoms. The number of nitrogens with one attached hydrogen (secondary N) is 2. The molecule has 0 spiro atoms. The number of hydrogen-bond donors (Lipinski definition) is 3. The predicted octanol–water partition coefficient (Wildman–Crippen LogP) is 2.06. The van der Waals surface area contributed by atoms with Crippen LogP contribution < -0.4 is 10.6 Å². The second kappa shape index (κ2) is 6.93. The minimum atomic E-state index is -0.925. The summed E-state index contributed by atoms with van der Waals surface area (Å²) in [6.45, 7) is 3.92. The maximum atomic E-state index is 12.6. The Balaban J connectivity index is 1.67. The Morgan fingerprint density at radius 3 is 2.36 bits per heavy atom. The van der Waals surface area contributed by atoms with E-state index in [-0.39, 0.29) is 23.7 Å². The summed E-state index contributed by atoms with van der Waals surface area (Å²) in [5.41, 5.74) is 1.02. The molecular formula is C19H20N2O4. The van der Waals surface area contributed by atoms with Crippen molar-refractivity contribution in [3.8, 4) is 0 Å². The van der Waals surface area contributed by atoms with Crippen LogP contribution in [0.4, 0.5) is 5.69 Å². The van der Waals surface area contributed by atoms with Crippen molar-refractivity contribution in [1.82, 2.24) is 5.32 Å². The number of carboxylic acid groups (broad SMARTS) is 1. The summed E-state index contributed by atoms with van der Waals surface area (Å²) in [5.74, 6) is -2.73. The number of benzene rings is 1. The van der Waals surface area contributed by atoms with E-state index >= 15 is 0 Å². The maximum absolute atomic E-state index is 12.6. The van der Waals surface area contributed by atoms with E-state index in [2.05, 4.69) is 17.2 Å². The van der Waals surface area contributed by atoms with E-state index in [1.807, 2.05) is 12.2 Å². The van der Waals surface area contributed by atoms with Crippen molar-refractivity contribution in [1.29, 1.82) is 0 Å². The van der Waals surface area contributed by atoms with Crippen molar-refractivity contribution >= 4 is 23.5 Å². The van der Waals surface area contributed by atoms with Gasteiger partial charge in [0.2, 0.25) is 5.91 Å². The van der Waals surface area contributed by atoms with Gasteiger partial charge in [-0.05, 0) is 42.5 Å². The Morgan fingerprint density at radius 2 is 1.76 bits per heavy atom. The Bertz CT molecular complexity index is 738. The molecule has 6 nitrogen and oxygen atoms in total. The highest BCUT2D eigenvalue weighted by molar-refractivity contribution is 5.98. The molecule has 0 heterocycles. The van der Waals surface area contributed by atoms with Crippen molar-refractivity contribution < 1.29 is 19.5 Å². The summed E-state index contributed by atoms with van der Waals surface area (Å²) in [6.07, 6.45) is 6.16. The molecule has 4 atom stereocenters. The van der Waals surface area contributed by atoms with E-state index in [9.17, 15) is 19.5 Å². The van der Waals surface area contributed by atoms with Gasteiger partial charge in [0, 0.05) is 17.8 Å². The van der Waals surface area contributed by atoms with Gasteiger partial charge in [0.25, 0.3) is 5.91 Å². The molecule has 3 rings (SSSR count). The lowest BCUT2D eigenvalue weighted by Gasteiger charge is -2.23. The third-order valence-corrected chi connectivity index (χ3v) is 4.87. The van der Waals surface area contributed by atoms with Crippen molar-refractivity contribution in [2.75, 3.05) is 11.9 Å². The van der Waals surface area contributed by atoms with Crippen LogP contribution in [-0.4, -0.2) is 29.4 Å². The highest BCUT2D eigenvalue weighted by Gasteiger charge is 2.51. The fourth-order valence-corrected chi connectivity index (χ4v) is 3.71. The smallest absolute Gasteiger partial charge is 0.307 e. The summed E-state index contributed by atoms with van der Waals surface area (Å²) < 4.78 is 0. The SMILES string of the molecule is C=CCNC(=O)c1ccc(NC(=O)C2C3C=CC(C3)C2C(=O)O)cc1. The van der Waals surface area contributed by atoms with Gasteiger partial charge in [-0.3, -0.25) is 14.4 Å². The van der Waals surface area contributed by atoms with Crippen LogP contribution in [-0.2, 0) is 9.59 Å². The number of hydrogen-bond acceptors (Lipinski definition) is 3. The minimum absolute atomic E-state index is 0.0185. The second-order valence-electron chi connectivity index (χ2n) is 6.40. The lowest BCUT2D eigenvalue weighted by atomic mass is 9.82. The lowest BCUT2D eigenvalue weighted by molar-refractivity contribution is -0.146. The largest absolute Gasteiger partial charge is 0.481 e. The van der Waals surface area contributed by atoms with Crippen LogP contribution in [0.5, 0.6) is 0 Å². The van der Waals surface area contributed by atoms with Crippen LogP contribution in [0.2, 0.25) is 0 Å². The quantitative estimate of drug-likeness (QED) is 0.691. The molecule has 6 heteroatoms. The van der Waals surface area contributed by atoms with Crippen LogP contribution in [0.15, 0.2) is 49.1 Å². The molecule has 0 radical (unpaired) electrons. The van der Waals surface area contributed by atoms with Gasteiger partial charge in [0.15, 0.2) is 0 Å². The molecule has 25 heavy (non-hydrogen) atoms. The molecule has 1 fully saturated rings. The summed E-state index contributed by atoms with van der Waals surface area (Å²) >= 11 is 0. The zero-order chi connectivity index (χ0) is 18.0. The molecule has 1 aromatic rings. The van der Waals surface area contributed by atoms with E-state index in [0.717, 1.165) is 6.42 Å².